The predicted octanol–water partition coefficient (Wildman–Crippen LogP) is 3.05. The second-order valence-corrected chi connectivity index (χ2v) is 8.47. The van der Waals surface area contributed by atoms with Crippen molar-refractivity contribution >= 4 is 23.4 Å². The fourth-order valence-corrected chi connectivity index (χ4v) is 5.27. The molecule has 2 aliphatic carbocycles. The third kappa shape index (κ3) is 3.32. The highest BCUT2D eigenvalue weighted by Crippen LogP contribution is 2.53. The summed E-state index contributed by atoms with van der Waals surface area (Å²) in [6, 6.07) is 15.6. The number of imide groups is 1. The molecule has 1 heterocycles. The van der Waals surface area contributed by atoms with Crippen molar-refractivity contribution < 1.29 is 19.1 Å². The highest BCUT2D eigenvalue weighted by molar-refractivity contribution is 6.10. The number of rotatable bonds is 6. The van der Waals surface area contributed by atoms with Gasteiger partial charge in [-0.2, -0.15) is 0 Å². The number of carbonyl (C=O) groups excluding carboxylic acids is 3. The summed E-state index contributed by atoms with van der Waals surface area (Å²) >= 11 is 0. The Kier molecular flexibility index (Phi) is 4.85. The van der Waals surface area contributed by atoms with E-state index in [-0.39, 0.29) is 47.8 Å². The lowest BCUT2D eigenvalue weighted by atomic mass is 9.85. The number of hydrogen-bond donors (Lipinski definition) is 1. The van der Waals surface area contributed by atoms with Gasteiger partial charge in [0.05, 0.1) is 18.9 Å². The van der Waals surface area contributed by atoms with Gasteiger partial charge < -0.3 is 10.1 Å². The number of methoxy groups -OCH3 is 1. The van der Waals surface area contributed by atoms with Crippen molar-refractivity contribution in [3.63, 3.8) is 0 Å². The summed E-state index contributed by atoms with van der Waals surface area (Å²) in [7, 11) is 1.58. The smallest absolute Gasteiger partial charge is 0.248 e. The van der Waals surface area contributed by atoms with Crippen LogP contribution < -0.4 is 10.1 Å². The van der Waals surface area contributed by atoms with E-state index in [0.29, 0.717) is 11.4 Å². The summed E-state index contributed by atoms with van der Waals surface area (Å²) in [5.74, 6) is -0.535. The van der Waals surface area contributed by atoms with Crippen LogP contribution in [0.5, 0.6) is 5.75 Å². The first-order valence-corrected chi connectivity index (χ1v) is 10.6. The number of carbonyl (C=O) groups is 3. The minimum Gasteiger partial charge on any atom is -0.497 e. The Morgan fingerprint density at radius 1 is 1.00 bits per heavy atom. The van der Waals surface area contributed by atoms with Crippen LogP contribution in [0.15, 0.2) is 66.7 Å². The third-order valence-corrected chi connectivity index (χ3v) is 6.75. The van der Waals surface area contributed by atoms with Gasteiger partial charge in [-0.25, -0.2) is 0 Å². The molecule has 6 nitrogen and oxygen atoms in total. The first kappa shape index (κ1) is 19.5. The lowest BCUT2D eigenvalue weighted by Crippen LogP contribution is -2.49. The van der Waals surface area contributed by atoms with E-state index in [0.717, 1.165) is 12.0 Å². The molecule has 1 saturated carbocycles. The zero-order valence-corrected chi connectivity index (χ0v) is 17.2. The largest absolute Gasteiger partial charge is 0.497 e. The van der Waals surface area contributed by atoms with E-state index in [1.54, 1.807) is 31.4 Å². The highest BCUT2D eigenvalue weighted by Gasteiger charge is 2.61. The Hall–Kier alpha value is -3.41. The molecule has 1 saturated heterocycles. The second-order valence-electron chi connectivity index (χ2n) is 8.47. The summed E-state index contributed by atoms with van der Waals surface area (Å²) in [4.78, 5) is 41.3. The average Bonchev–Trinajstić information content (AvgIpc) is 3.47. The Morgan fingerprint density at radius 2 is 1.61 bits per heavy atom. The number of allylic oxidation sites excluding steroid dienone is 2. The van der Waals surface area contributed by atoms with E-state index in [2.05, 4.69) is 17.5 Å². The minimum absolute atomic E-state index is 0.110. The van der Waals surface area contributed by atoms with E-state index < -0.39 is 6.04 Å². The number of nitrogens with zero attached hydrogens (tertiary/aromatic N) is 1. The van der Waals surface area contributed by atoms with E-state index in [1.165, 1.54) is 4.90 Å². The number of anilines is 1. The lowest BCUT2D eigenvalue weighted by Gasteiger charge is -2.27. The number of amides is 3. The van der Waals surface area contributed by atoms with Crippen LogP contribution in [0.3, 0.4) is 0 Å². The van der Waals surface area contributed by atoms with Crippen molar-refractivity contribution in [1.82, 2.24) is 4.90 Å². The zero-order chi connectivity index (χ0) is 21.5. The molecule has 158 valence electrons. The van der Waals surface area contributed by atoms with Gasteiger partial charge in [-0.1, -0.05) is 42.5 Å². The van der Waals surface area contributed by atoms with E-state index in [1.807, 2.05) is 30.3 Å². The summed E-state index contributed by atoms with van der Waals surface area (Å²) in [6.07, 6.45) is 5.26. The molecule has 0 spiro atoms. The number of fused-ring (bicyclic) bond motifs is 5. The van der Waals surface area contributed by atoms with Gasteiger partial charge in [-0.15, -0.1) is 0 Å². The molecule has 1 N–H and O–H groups in total. The van der Waals surface area contributed by atoms with Crippen LogP contribution in [0.2, 0.25) is 0 Å². The van der Waals surface area contributed by atoms with Crippen LogP contribution in [-0.4, -0.2) is 35.8 Å². The first-order chi connectivity index (χ1) is 15.1. The topological polar surface area (TPSA) is 75.7 Å². The molecule has 1 aliphatic heterocycles. The summed E-state index contributed by atoms with van der Waals surface area (Å²) < 4.78 is 5.16. The summed E-state index contributed by atoms with van der Waals surface area (Å²) in [5.41, 5.74) is 1.49. The maximum atomic E-state index is 13.3. The molecule has 0 radical (unpaired) electrons. The molecule has 3 amide bonds. The highest BCUT2D eigenvalue weighted by atomic mass is 16.5. The van der Waals surface area contributed by atoms with Crippen LogP contribution in [0.4, 0.5) is 5.69 Å². The van der Waals surface area contributed by atoms with Crippen molar-refractivity contribution in [2.24, 2.45) is 23.7 Å². The molecule has 2 aromatic rings. The van der Waals surface area contributed by atoms with Crippen LogP contribution in [-0.2, 0) is 20.8 Å². The monoisotopic (exact) mass is 416 g/mol. The van der Waals surface area contributed by atoms with Crippen molar-refractivity contribution in [1.29, 1.82) is 0 Å². The van der Waals surface area contributed by atoms with Gasteiger partial charge in [0.25, 0.3) is 0 Å². The van der Waals surface area contributed by atoms with Gasteiger partial charge in [0, 0.05) is 12.1 Å². The molecule has 2 bridgehead atoms. The standard InChI is InChI=1S/C25H24N2O4/c1-31-19-11-9-18(10-12-19)26-23(28)20(13-15-5-3-2-4-6-15)27-24(29)21-16-7-8-17(14-16)22(21)25(27)30/h2-12,16-17,20-22H,13-14H2,1H3,(H,26,28). The molecule has 0 aromatic heterocycles. The predicted molar refractivity (Wildman–Crippen MR) is 115 cm³/mol. The molecule has 6 heteroatoms. The number of nitrogens with one attached hydrogen (secondary N) is 1. The van der Waals surface area contributed by atoms with Crippen LogP contribution >= 0.6 is 0 Å². The fraction of sp³-hybridized carbons (Fsp3) is 0.320. The van der Waals surface area contributed by atoms with Crippen LogP contribution in [0.1, 0.15) is 12.0 Å². The molecular formula is C25H24N2O4. The van der Waals surface area contributed by atoms with Crippen molar-refractivity contribution in [2.45, 2.75) is 18.9 Å². The van der Waals surface area contributed by atoms with Crippen LogP contribution in [0.25, 0.3) is 0 Å². The average molecular weight is 416 g/mol. The molecule has 2 fully saturated rings. The minimum atomic E-state index is -0.894. The number of ether oxygens (including phenoxy) is 1. The Bertz CT molecular complexity index is 1020. The quantitative estimate of drug-likeness (QED) is 0.580. The van der Waals surface area contributed by atoms with Gasteiger partial charge in [0.15, 0.2) is 0 Å². The third-order valence-electron chi connectivity index (χ3n) is 6.75. The Morgan fingerprint density at radius 3 is 2.19 bits per heavy atom. The molecule has 5 atom stereocenters. The molecule has 31 heavy (non-hydrogen) atoms. The lowest BCUT2D eigenvalue weighted by molar-refractivity contribution is -0.147. The molecule has 3 aliphatic rings. The van der Waals surface area contributed by atoms with Gasteiger partial charge in [0.2, 0.25) is 17.7 Å². The van der Waals surface area contributed by atoms with Crippen molar-refractivity contribution in [2.75, 3.05) is 12.4 Å². The van der Waals surface area contributed by atoms with Crippen molar-refractivity contribution in [3.8, 4) is 5.75 Å². The van der Waals surface area contributed by atoms with E-state index >= 15 is 0 Å². The fourth-order valence-electron chi connectivity index (χ4n) is 5.27. The number of likely N-dealkylation sites (tertiary alicyclic amines) is 1. The SMILES string of the molecule is COc1ccc(NC(=O)C(Cc2ccccc2)N2C(=O)C3C4C=CC(C4)C3C2=O)cc1. The first-order valence-electron chi connectivity index (χ1n) is 10.6. The number of hydrogen-bond acceptors (Lipinski definition) is 4. The maximum absolute atomic E-state index is 13.3. The summed E-state index contributed by atoms with van der Waals surface area (Å²) in [6.45, 7) is 0. The number of benzene rings is 2. The van der Waals surface area contributed by atoms with Crippen LogP contribution in [0, 0.1) is 23.7 Å². The van der Waals surface area contributed by atoms with Gasteiger partial charge in [-0.3, -0.25) is 19.3 Å². The van der Waals surface area contributed by atoms with Crippen molar-refractivity contribution in [3.05, 3.63) is 72.3 Å². The maximum Gasteiger partial charge on any atom is 0.248 e. The Labute approximate surface area is 180 Å². The van der Waals surface area contributed by atoms with Gasteiger partial charge in [-0.05, 0) is 48.1 Å². The van der Waals surface area contributed by atoms with Gasteiger partial charge >= 0.3 is 0 Å². The zero-order valence-electron chi connectivity index (χ0n) is 17.2. The van der Waals surface area contributed by atoms with E-state index in [4.69, 9.17) is 4.74 Å². The molecule has 5 rings (SSSR count). The summed E-state index contributed by atoms with van der Waals surface area (Å²) in [5, 5.41) is 2.88. The molecular weight excluding hydrogens is 392 g/mol. The van der Waals surface area contributed by atoms with Gasteiger partial charge in [0.1, 0.15) is 11.8 Å². The molecule has 5 unspecified atom stereocenters. The normalized spacial score (nSPS) is 26.8. The molecule has 2 aromatic carbocycles. The second kappa shape index (κ2) is 7.69. The Balaban J connectivity index is 1.43. The van der Waals surface area contributed by atoms with E-state index in [9.17, 15) is 14.4 Å².